The topological polar surface area (TPSA) is 92.4 Å². The zero-order valence-electron chi connectivity index (χ0n) is 11.8. The van der Waals surface area contributed by atoms with Crippen molar-refractivity contribution < 1.29 is 14.7 Å². The highest BCUT2D eigenvalue weighted by Gasteiger charge is 2.27. The van der Waals surface area contributed by atoms with Gasteiger partial charge in [-0.05, 0) is 18.3 Å². The molecule has 0 aliphatic carbocycles. The number of nitrogens with two attached hydrogens (primary N) is 1. The molecule has 5 heteroatoms. The first kappa shape index (κ1) is 16.9. The Kier molecular flexibility index (Phi) is 6.91. The zero-order chi connectivity index (χ0) is 14.3. The van der Waals surface area contributed by atoms with Crippen molar-refractivity contribution in [1.29, 1.82) is 0 Å². The predicted molar refractivity (Wildman–Crippen MR) is 71.1 cm³/mol. The lowest BCUT2D eigenvalue weighted by atomic mass is 9.84. The third-order valence-corrected chi connectivity index (χ3v) is 2.71. The van der Waals surface area contributed by atoms with E-state index in [1.54, 1.807) is 0 Å². The Morgan fingerprint density at radius 3 is 2.22 bits per heavy atom. The summed E-state index contributed by atoms with van der Waals surface area (Å²) in [5, 5.41) is 11.6. The second-order valence-electron chi connectivity index (χ2n) is 5.89. The quantitative estimate of drug-likeness (QED) is 0.643. The van der Waals surface area contributed by atoms with Gasteiger partial charge in [-0.1, -0.05) is 34.1 Å². The van der Waals surface area contributed by atoms with E-state index in [4.69, 9.17) is 10.8 Å². The highest BCUT2D eigenvalue weighted by molar-refractivity contribution is 5.85. The average molecular weight is 258 g/mol. The minimum Gasteiger partial charge on any atom is -0.480 e. The van der Waals surface area contributed by atoms with E-state index in [1.165, 1.54) is 0 Å². The number of carboxylic acid groups (broad SMARTS) is 1. The second kappa shape index (κ2) is 7.36. The minimum atomic E-state index is -0.989. The fraction of sp³-hybridized carbons (Fsp3) is 0.846. The van der Waals surface area contributed by atoms with Crippen LogP contribution >= 0.6 is 0 Å². The van der Waals surface area contributed by atoms with E-state index < -0.39 is 12.0 Å². The van der Waals surface area contributed by atoms with Crippen molar-refractivity contribution in [1.82, 2.24) is 5.32 Å². The van der Waals surface area contributed by atoms with Gasteiger partial charge in [-0.25, -0.2) is 4.79 Å². The molecule has 0 rings (SSSR count). The first-order valence-corrected chi connectivity index (χ1v) is 6.44. The second-order valence-corrected chi connectivity index (χ2v) is 5.89. The molecule has 0 spiro atoms. The normalized spacial score (nSPS) is 14.9. The van der Waals surface area contributed by atoms with Crippen LogP contribution < -0.4 is 11.1 Å². The van der Waals surface area contributed by atoms with Crippen LogP contribution in [0.2, 0.25) is 0 Å². The fourth-order valence-electron chi connectivity index (χ4n) is 1.86. The Balaban J connectivity index is 4.55. The van der Waals surface area contributed by atoms with E-state index >= 15 is 0 Å². The first-order valence-electron chi connectivity index (χ1n) is 6.44. The molecule has 2 atom stereocenters. The molecule has 0 aliphatic rings. The molecule has 0 saturated carbocycles. The van der Waals surface area contributed by atoms with Crippen molar-refractivity contribution in [2.45, 2.75) is 53.0 Å². The number of hydrogen-bond acceptors (Lipinski definition) is 3. The van der Waals surface area contributed by atoms with Crippen molar-refractivity contribution in [3.63, 3.8) is 0 Å². The predicted octanol–water partition coefficient (Wildman–Crippen LogP) is 1.37. The van der Waals surface area contributed by atoms with Gasteiger partial charge in [0.05, 0.1) is 5.92 Å². The molecule has 0 radical (unpaired) electrons. The van der Waals surface area contributed by atoms with Crippen LogP contribution in [0.3, 0.4) is 0 Å². The van der Waals surface area contributed by atoms with E-state index in [-0.39, 0.29) is 23.8 Å². The first-order chi connectivity index (χ1) is 8.21. The van der Waals surface area contributed by atoms with E-state index in [0.717, 1.165) is 0 Å². The summed E-state index contributed by atoms with van der Waals surface area (Å²) in [6.45, 7) is 8.22. The number of rotatable bonds is 7. The number of aliphatic carboxylic acids is 1. The van der Waals surface area contributed by atoms with E-state index in [1.807, 2.05) is 27.7 Å². The molecule has 106 valence electrons. The Bertz CT molecular complexity index is 284. The summed E-state index contributed by atoms with van der Waals surface area (Å²) < 4.78 is 0. The maximum absolute atomic E-state index is 12.0. The molecule has 1 unspecified atom stereocenters. The number of hydrogen-bond donors (Lipinski definition) is 3. The van der Waals surface area contributed by atoms with Crippen LogP contribution in [0.4, 0.5) is 0 Å². The number of amides is 1. The van der Waals surface area contributed by atoms with Gasteiger partial charge in [0.1, 0.15) is 6.04 Å². The lowest BCUT2D eigenvalue weighted by Gasteiger charge is -2.25. The molecule has 0 bridgehead atoms. The smallest absolute Gasteiger partial charge is 0.326 e. The van der Waals surface area contributed by atoms with Crippen LogP contribution in [0.15, 0.2) is 0 Å². The average Bonchev–Trinajstić information content (AvgIpc) is 2.23. The monoisotopic (exact) mass is 258 g/mol. The van der Waals surface area contributed by atoms with Gasteiger partial charge in [0, 0.05) is 6.54 Å². The van der Waals surface area contributed by atoms with Gasteiger partial charge < -0.3 is 16.2 Å². The van der Waals surface area contributed by atoms with Gasteiger partial charge in [0.15, 0.2) is 0 Å². The van der Waals surface area contributed by atoms with E-state index in [2.05, 4.69) is 5.32 Å². The van der Waals surface area contributed by atoms with Crippen molar-refractivity contribution in [3.8, 4) is 0 Å². The van der Waals surface area contributed by atoms with Gasteiger partial charge in [0.2, 0.25) is 5.91 Å². The fourth-order valence-corrected chi connectivity index (χ4v) is 1.86. The van der Waals surface area contributed by atoms with Crippen LogP contribution in [0.5, 0.6) is 0 Å². The molecule has 1 amide bonds. The number of carboxylic acids is 1. The van der Waals surface area contributed by atoms with Crippen LogP contribution in [0.1, 0.15) is 47.0 Å². The number of carbonyl (C=O) groups is 2. The van der Waals surface area contributed by atoms with Crippen molar-refractivity contribution in [2.24, 2.45) is 17.1 Å². The summed E-state index contributed by atoms with van der Waals surface area (Å²) in [4.78, 5) is 23.0. The Morgan fingerprint density at radius 1 is 1.33 bits per heavy atom. The van der Waals surface area contributed by atoms with Crippen molar-refractivity contribution in [2.75, 3.05) is 6.54 Å². The van der Waals surface area contributed by atoms with Crippen LogP contribution in [0.25, 0.3) is 0 Å². The van der Waals surface area contributed by atoms with Crippen LogP contribution in [-0.2, 0) is 9.59 Å². The van der Waals surface area contributed by atoms with E-state index in [9.17, 15) is 9.59 Å². The van der Waals surface area contributed by atoms with Gasteiger partial charge in [-0.2, -0.15) is 0 Å². The maximum Gasteiger partial charge on any atom is 0.326 e. The van der Waals surface area contributed by atoms with Gasteiger partial charge in [-0.15, -0.1) is 0 Å². The van der Waals surface area contributed by atoms with Crippen LogP contribution in [0, 0.1) is 11.3 Å². The molecule has 0 aromatic heterocycles. The minimum absolute atomic E-state index is 0.00907. The summed E-state index contributed by atoms with van der Waals surface area (Å²) in [6, 6.07) is -0.809. The molecule has 4 N–H and O–H groups in total. The third-order valence-electron chi connectivity index (χ3n) is 2.71. The van der Waals surface area contributed by atoms with Gasteiger partial charge in [0.25, 0.3) is 0 Å². The maximum atomic E-state index is 12.0. The largest absolute Gasteiger partial charge is 0.480 e. The van der Waals surface area contributed by atoms with Gasteiger partial charge >= 0.3 is 5.97 Å². The molecule has 0 aromatic carbocycles. The zero-order valence-corrected chi connectivity index (χ0v) is 11.8. The molecule has 0 heterocycles. The lowest BCUT2D eigenvalue weighted by molar-refractivity contribution is -0.142. The van der Waals surface area contributed by atoms with E-state index in [0.29, 0.717) is 19.3 Å². The summed E-state index contributed by atoms with van der Waals surface area (Å²) in [6.07, 6.45) is 1.80. The summed E-state index contributed by atoms with van der Waals surface area (Å²) in [7, 11) is 0. The third kappa shape index (κ3) is 6.59. The number of carbonyl (C=O) groups excluding carboxylic acids is 1. The lowest BCUT2D eigenvalue weighted by Crippen LogP contribution is -2.46. The highest BCUT2D eigenvalue weighted by atomic mass is 16.4. The standard InChI is InChI=1S/C13H26N2O3/c1-5-6-10(12(17)18)15-11(16)9(8-14)7-13(2,3)4/h9-10H,5-8,14H2,1-4H3,(H,15,16)(H,17,18)/t9?,10-/m1/s1. The summed E-state index contributed by atoms with van der Waals surface area (Å²) in [5.74, 6) is -1.58. The summed E-state index contributed by atoms with van der Waals surface area (Å²) in [5.41, 5.74) is 5.59. The molecule has 0 aliphatic heterocycles. The number of nitrogens with one attached hydrogen (secondary N) is 1. The Hall–Kier alpha value is -1.10. The Labute approximate surface area is 109 Å². The molecule has 5 nitrogen and oxygen atoms in total. The molecule has 0 fully saturated rings. The highest BCUT2D eigenvalue weighted by Crippen LogP contribution is 2.24. The molecule has 0 aromatic rings. The molecule has 18 heavy (non-hydrogen) atoms. The summed E-state index contributed by atoms with van der Waals surface area (Å²) >= 11 is 0. The van der Waals surface area contributed by atoms with Gasteiger partial charge in [-0.3, -0.25) is 4.79 Å². The van der Waals surface area contributed by atoms with Crippen molar-refractivity contribution in [3.05, 3.63) is 0 Å². The molecular formula is C13H26N2O3. The SMILES string of the molecule is CCC[C@@H](NC(=O)C(CN)CC(C)(C)C)C(=O)O. The van der Waals surface area contributed by atoms with Crippen LogP contribution in [-0.4, -0.2) is 29.6 Å². The molecule has 0 saturated heterocycles. The molecular weight excluding hydrogens is 232 g/mol. The van der Waals surface area contributed by atoms with Crippen molar-refractivity contribution >= 4 is 11.9 Å². The Morgan fingerprint density at radius 2 is 1.89 bits per heavy atom.